The molecule has 1 atom stereocenters. The van der Waals surface area contributed by atoms with Crippen LogP contribution >= 0.6 is 45.7 Å². The zero-order valence-corrected chi connectivity index (χ0v) is 14.0. The van der Waals surface area contributed by atoms with Crippen LogP contribution in [-0.4, -0.2) is 48.6 Å². The van der Waals surface area contributed by atoms with Crippen LogP contribution in [0.15, 0.2) is 11.4 Å². The number of amides is 1. The summed E-state index contributed by atoms with van der Waals surface area (Å²) in [6.07, 6.45) is 1.10. The van der Waals surface area contributed by atoms with Gasteiger partial charge in [-0.25, -0.2) is 0 Å². The third-order valence-corrected chi connectivity index (χ3v) is 5.89. The maximum absolute atomic E-state index is 12.5. The molecular formula is C12H16INO2S2. The van der Waals surface area contributed by atoms with Gasteiger partial charge in [-0.1, -0.05) is 0 Å². The highest BCUT2D eigenvalue weighted by atomic mass is 127. The second kappa shape index (κ2) is 7.12. The molecule has 1 aromatic heterocycles. The number of thiophene rings is 1. The molecule has 0 saturated carbocycles. The lowest BCUT2D eigenvalue weighted by atomic mass is 10.2. The zero-order valence-electron chi connectivity index (χ0n) is 10.2. The maximum Gasteiger partial charge on any atom is 0.255 e. The van der Waals surface area contributed by atoms with Gasteiger partial charge < -0.3 is 9.64 Å². The summed E-state index contributed by atoms with van der Waals surface area (Å²) in [7, 11) is 1.68. The molecular weight excluding hydrogens is 381 g/mol. The number of hydrogen-bond donors (Lipinski definition) is 0. The predicted molar refractivity (Wildman–Crippen MR) is 85.7 cm³/mol. The van der Waals surface area contributed by atoms with Gasteiger partial charge in [0.1, 0.15) is 0 Å². The molecule has 1 unspecified atom stereocenters. The van der Waals surface area contributed by atoms with Gasteiger partial charge in [-0.15, -0.1) is 11.3 Å². The average Bonchev–Trinajstić information content (AvgIpc) is 3.00. The molecule has 1 amide bonds. The van der Waals surface area contributed by atoms with Crippen LogP contribution in [0.25, 0.3) is 0 Å². The van der Waals surface area contributed by atoms with Crippen LogP contribution in [0.2, 0.25) is 0 Å². The molecule has 0 radical (unpaired) electrons. The molecule has 0 N–H and O–H groups in total. The first-order valence-corrected chi connectivity index (χ1v) is 8.95. The molecule has 2 heterocycles. The molecule has 18 heavy (non-hydrogen) atoms. The Labute approximate surface area is 129 Å². The topological polar surface area (TPSA) is 29.5 Å². The zero-order chi connectivity index (χ0) is 13.0. The monoisotopic (exact) mass is 397 g/mol. The Hall–Kier alpha value is 0.210. The second-order valence-electron chi connectivity index (χ2n) is 4.15. The second-order valence-corrected chi connectivity index (χ2v) is 8.10. The predicted octanol–water partition coefficient (Wildman–Crippen LogP) is 2.95. The first-order chi connectivity index (χ1) is 8.72. The van der Waals surface area contributed by atoms with Crippen LogP contribution in [0.3, 0.4) is 0 Å². The number of halogens is 1. The number of methoxy groups -OCH3 is 1. The van der Waals surface area contributed by atoms with Crippen molar-refractivity contribution in [3.63, 3.8) is 0 Å². The number of carbonyl (C=O) groups is 1. The summed E-state index contributed by atoms with van der Waals surface area (Å²) in [6, 6.07) is 2.34. The normalized spacial score (nSPS) is 19.1. The van der Waals surface area contributed by atoms with E-state index in [0.29, 0.717) is 19.2 Å². The van der Waals surface area contributed by atoms with Crippen molar-refractivity contribution in [1.82, 2.24) is 4.90 Å². The SMILES string of the molecule is COCCN(C(=O)c1csc(I)c1)C1CCSC1. The molecule has 1 fully saturated rings. The van der Waals surface area contributed by atoms with Crippen LogP contribution in [0.5, 0.6) is 0 Å². The van der Waals surface area contributed by atoms with Crippen LogP contribution in [0, 0.1) is 2.88 Å². The summed E-state index contributed by atoms with van der Waals surface area (Å²) in [5.74, 6) is 2.36. The standard InChI is InChI=1S/C12H16INO2S2/c1-16-4-3-14(10-2-5-17-8-10)12(15)9-6-11(13)18-7-9/h6-7,10H,2-5,8H2,1H3. The van der Waals surface area contributed by atoms with Gasteiger partial charge in [-0.2, -0.15) is 11.8 Å². The molecule has 6 heteroatoms. The lowest BCUT2D eigenvalue weighted by Gasteiger charge is -2.28. The Morgan fingerprint density at radius 1 is 1.67 bits per heavy atom. The molecule has 100 valence electrons. The van der Waals surface area contributed by atoms with E-state index in [1.54, 1.807) is 18.4 Å². The van der Waals surface area contributed by atoms with Crippen molar-refractivity contribution >= 4 is 51.6 Å². The molecule has 1 aromatic rings. The molecule has 0 aromatic carbocycles. The van der Waals surface area contributed by atoms with Gasteiger partial charge in [0.2, 0.25) is 0 Å². The minimum absolute atomic E-state index is 0.152. The summed E-state index contributed by atoms with van der Waals surface area (Å²) in [5, 5.41) is 1.95. The van der Waals surface area contributed by atoms with Gasteiger partial charge in [0.05, 0.1) is 15.1 Å². The molecule has 3 nitrogen and oxygen atoms in total. The third-order valence-electron chi connectivity index (χ3n) is 2.96. The number of thioether (sulfide) groups is 1. The quantitative estimate of drug-likeness (QED) is 0.716. The number of carbonyl (C=O) groups excluding carboxylic acids is 1. The third kappa shape index (κ3) is 3.61. The number of hydrogen-bond acceptors (Lipinski definition) is 4. The molecule has 1 aliphatic rings. The summed E-state index contributed by atoms with van der Waals surface area (Å²) in [5.41, 5.74) is 0.817. The van der Waals surface area contributed by atoms with Gasteiger partial charge in [-0.05, 0) is 40.8 Å². The highest BCUT2D eigenvalue weighted by Gasteiger charge is 2.27. The maximum atomic E-state index is 12.5. The fourth-order valence-corrected chi connectivity index (χ4v) is 4.54. The molecule has 2 rings (SSSR count). The molecule has 0 aliphatic carbocycles. The fraction of sp³-hybridized carbons (Fsp3) is 0.583. The van der Waals surface area contributed by atoms with E-state index in [9.17, 15) is 4.79 Å². The summed E-state index contributed by atoms with van der Waals surface area (Å²) < 4.78 is 6.28. The van der Waals surface area contributed by atoms with E-state index < -0.39 is 0 Å². The molecule has 1 aliphatic heterocycles. The lowest BCUT2D eigenvalue weighted by Crippen LogP contribution is -2.42. The van der Waals surface area contributed by atoms with Crippen molar-refractivity contribution in [3.05, 3.63) is 19.9 Å². The van der Waals surface area contributed by atoms with Gasteiger partial charge in [0.25, 0.3) is 5.91 Å². The molecule has 0 bridgehead atoms. The van der Waals surface area contributed by atoms with Crippen molar-refractivity contribution in [3.8, 4) is 0 Å². The Morgan fingerprint density at radius 2 is 2.50 bits per heavy atom. The van der Waals surface area contributed by atoms with E-state index >= 15 is 0 Å². The van der Waals surface area contributed by atoms with Crippen molar-refractivity contribution in [2.24, 2.45) is 0 Å². The van der Waals surface area contributed by atoms with Crippen LogP contribution in [0.1, 0.15) is 16.8 Å². The Bertz CT molecular complexity index is 405. The van der Waals surface area contributed by atoms with Crippen LogP contribution in [0.4, 0.5) is 0 Å². The lowest BCUT2D eigenvalue weighted by molar-refractivity contribution is 0.0625. The van der Waals surface area contributed by atoms with Crippen molar-refractivity contribution in [1.29, 1.82) is 0 Å². The van der Waals surface area contributed by atoms with Crippen LogP contribution < -0.4 is 0 Å². The van der Waals surface area contributed by atoms with E-state index in [2.05, 4.69) is 22.6 Å². The summed E-state index contributed by atoms with van der Waals surface area (Å²) in [6.45, 7) is 1.29. The molecule has 0 spiro atoms. The number of nitrogens with zero attached hydrogens (tertiary/aromatic N) is 1. The van der Waals surface area contributed by atoms with Crippen molar-refractivity contribution in [2.45, 2.75) is 12.5 Å². The highest BCUT2D eigenvalue weighted by Crippen LogP contribution is 2.25. The van der Waals surface area contributed by atoms with Crippen LogP contribution in [-0.2, 0) is 4.74 Å². The fourth-order valence-electron chi connectivity index (χ4n) is 2.00. The van der Waals surface area contributed by atoms with E-state index in [1.807, 2.05) is 28.1 Å². The largest absolute Gasteiger partial charge is 0.383 e. The van der Waals surface area contributed by atoms with Gasteiger partial charge in [-0.3, -0.25) is 4.79 Å². The van der Waals surface area contributed by atoms with Gasteiger partial charge in [0, 0.05) is 30.8 Å². The Morgan fingerprint density at radius 3 is 3.06 bits per heavy atom. The van der Waals surface area contributed by atoms with E-state index in [1.165, 1.54) is 0 Å². The minimum atomic E-state index is 0.152. The van der Waals surface area contributed by atoms with E-state index in [-0.39, 0.29) is 5.91 Å². The average molecular weight is 397 g/mol. The minimum Gasteiger partial charge on any atom is -0.383 e. The summed E-state index contributed by atoms with van der Waals surface area (Å²) in [4.78, 5) is 14.5. The number of rotatable bonds is 5. The van der Waals surface area contributed by atoms with E-state index in [4.69, 9.17) is 4.74 Å². The summed E-state index contributed by atoms with van der Waals surface area (Å²) >= 11 is 5.80. The first kappa shape index (κ1) is 14.6. The van der Waals surface area contributed by atoms with Gasteiger partial charge >= 0.3 is 0 Å². The Kier molecular flexibility index (Phi) is 5.78. The smallest absolute Gasteiger partial charge is 0.255 e. The first-order valence-electron chi connectivity index (χ1n) is 5.84. The van der Waals surface area contributed by atoms with Gasteiger partial charge in [0.15, 0.2) is 0 Å². The van der Waals surface area contributed by atoms with Crippen molar-refractivity contribution in [2.75, 3.05) is 31.8 Å². The highest BCUT2D eigenvalue weighted by molar-refractivity contribution is 14.1. The Balaban J connectivity index is 2.09. The van der Waals surface area contributed by atoms with Crippen molar-refractivity contribution < 1.29 is 9.53 Å². The van der Waals surface area contributed by atoms with E-state index in [0.717, 1.165) is 26.4 Å². The molecule has 1 saturated heterocycles. The number of ether oxygens (including phenoxy) is 1.